The van der Waals surface area contributed by atoms with E-state index in [2.05, 4.69) is 0 Å². The van der Waals surface area contributed by atoms with Crippen molar-refractivity contribution in [1.82, 2.24) is 0 Å². The standard InChI is InChI=1S/C10H10F2O4/c11-7-2-1-6(5-8(7)12)9(10(14)15)16-4-3-13/h1-2,5,9,13H,3-4H2,(H,14,15). The maximum Gasteiger partial charge on any atom is 0.337 e. The first-order valence-electron chi connectivity index (χ1n) is 4.46. The normalized spacial score (nSPS) is 12.4. The van der Waals surface area contributed by atoms with Crippen LogP contribution in [0.1, 0.15) is 11.7 Å². The lowest BCUT2D eigenvalue weighted by molar-refractivity contribution is -0.151. The number of benzene rings is 1. The maximum absolute atomic E-state index is 12.9. The van der Waals surface area contributed by atoms with Crippen molar-refractivity contribution in [1.29, 1.82) is 0 Å². The molecule has 1 aromatic rings. The number of carbonyl (C=O) groups is 1. The van der Waals surface area contributed by atoms with Gasteiger partial charge in [-0.25, -0.2) is 13.6 Å². The fourth-order valence-electron chi connectivity index (χ4n) is 1.16. The minimum atomic E-state index is -1.41. The third-order valence-corrected chi connectivity index (χ3v) is 1.85. The number of hydrogen-bond acceptors (Lipinski definition) is 3. The van der Waals surface area contributed by atoms with Crippen LogP contribution in [0.25, 0.3) is 0 Å². The number of rotatable bonds is 5. The number of hydrogen-bond donors (Lipinski definition) is 2. The van der Waals surface area contributed by atoms with E-state index in [1.165, 1.54) is 0 Å². The molecule has 0 fully saturated rings. The van der Waals surface area contributed by atoms with Crippen molar-refractivity contribution in [3.63, 3.8) is 0 Å². The fraction of sp³-hybridized carbons (Fsp3) is 0.300. The monoisotopic (exact) mass is 232 g/mol. The molecule has 0 aliphatic heterocycles. The van der Waals surface area contributed by atoms with Crippen LogP contribution in [0.5, 0.6) is 0 Å². The number of halogens is 2. The van der Waals surface area contributed by atoms with E-state index in [4.69, 9.17) is 14.9 Å². The summed E-state index contributed by atoms with van der Waals surface area (Å²) in [6.45, 7) is -0.552. The molecule has 0 spiro atoms. The SMILES string of the molecule is O=C(O)C(OCCO)c1ccc(F)c(F)c1. The second-order valence-corrected chi connectivity index (χ2v) is 2.99. The van der Waals surface area contributed by atoms with Gasteiger partial charge in [0.25, 0.3) is 0 Å². The van der Waals surface area contributed by atoms with Crippen molar-refractivity contribution in [3.05, 3.63) is 35.4 Å². The van der Waals surface area contributed by atoms with E-state index in [1.54, 1.807) is 0 Å². The first kappa shape index (κ1) is 12.5. The molecule has 0 heterocycles. The van der Waals surface area contributed by atoms with Crippen LogP contribution in [-0.2, 0) is 9.53 Å². The summed E-state index contributed by atoms with van der Waals surface area (Å²) in [4.78, 5) is 10.8. The van der Waals surface area contributed by atoms with E-state index in [0.29, 0.717) is 0 Å². The molecule has 1 unspecified atom stereocenters. The van der Waals surface area contributed by atoms with Crippen molar-refractivity contribution in [2.24, 2.45) is 0 Å². The highest BCUT2D eigenvalue weighted by atomic mass is 19.2. The van der Waals surface area contributed by atoms with E-state index >= 15 is 0 Å². The average Bonchev–Trinajstić information content (AvgIpc) is 2.23. The summed E-state index contributed by atoms with van der Waals surface area (Å²) in [5, 5.41) is 17.3. The quantitative estimate of drug-likeness (QED) is 0.797. The third kappa shape index (κ3) is 2.98. The minimum absolute atomic E-state index is 0.0140. The van der Waals surface area contributed by atoms with Crippen LogP contribution >= 0.6 is 0 Å². The lowest BCUT2D eigenvalue weighted by atomic mass is 10.1. The molecule has 1 rings (SSSR count). The molecule has 0 radical (unpaired) electrons. The Labute approximate surface area is 90.1 Å². The van der Waals surface area contributed by atoms with Crippen molar-refractivity contribution in [2.75, 3.05) is 13.2 Å². The van der Waals surface area contributed by atoms with E-state index in [1.807, 2.05) is 0 Å². The van der Waals surface area contributed by atoms with Gasteiger partial charge in [0.1, 0.15) is 0 Å². The molecule has 0 saturated carbocycles. The van der Waals surface area contributed by atoms with Crippen LogP contribution < -0.4 is 0 Å². The molecule has 0 aromatic heterocycles. The van der Waals surface area contributed by atoms with Crippen LogP contribution in [0.3, 0.4) is 0 Å². The average molecular weight is 232 g/mol. The molecule has 2 N–H and O–H groups in total. The lowest BCUT2D eigenvalue weighted by Gasteiger charge is -2.13. The van der Waals surface area contributed by atoms with Gasteiger partial charge in [-0.15, -0.1) is 0 Å². The number of carboxylic acid groups (broad SMARTS) is 1. The highest BCUT2D eigenvalue weighted by molar-refractivity contribution is 5.74. The molecule has 0 saturated heterocycles. The van der Waals surface area contributed by atoms with E-state index in [0.717, 1.165) is 18.2 Å². The molecule has 0 amide bonds. The highest BCUT2D eigenvalue weighted by Gasteiger charge is 2.21. The molecular formula is C10H10F2O4. The van der Waals surface area contributed by atoms with Gasteiger partial charge in [0.15, 0.2) is 17.7 Å². The number of aliphatic hydroxyl groups is 1. The van der Waals surface area contributed by atoms with Gasteiger partial charge in [0.05, 0.1) is 13.2 Å². The Morgan fingerprint density at radius 2 is 2.06 bits per heavy atom. The smallest absolute Gasteiger partial charge is 0.337 e. The Bertz CT molecular complexity index is 381. The zero-order chi connectivity index (χ0) is 12.1. The maximum atomic E-state index is 12.9. The Hall–Kier alpha value is -1.53. The molecule has 0 aliphatic rings. The lowest BCUT2D eigenvalue weighted by Crippen LogP contribution is -2.17. The van der Waals surface area contributed by atoms with Gasteiger partial charge < -0.3 is 14.9 Å². The summed E-state index contributed by atoms with van der Waals surface area (Å²) in [7, 11) is 0. The Morgan fingerprint density at radius 1 is 1.38 bits per heavy atom. The second-order valence-electron chi connectivity index (χ2n) is 2.99. The number of carboxylic acids is 1. The summed E-state index contributed by atoms with van der Waals surface area (Å²) < 4.78 is 30.3. The first-order valence-corrected chi connectivity index (χ1v) is 4.46. The third-order valence-electron chi connectivity index (χ3n) is 1.85. The van der Waals surface area contributed by atoms with Crippen molar-refractivity contribution in [2.45, 2.75) is 6.10 Å². The molecule has 88 valence electrons. The Morgan fingerprint density at radius 3 is 2.56 bits per heavy atom. The summed E-state index contributed by atoms with van der Waals surface area (Å²) in [5.41, 5.74) is -0.0140. The number of aliphatic hydroxyl groups excluding tert-OH is 1. The van der Waals surface area contributed by atoms with Gasteiger partial charge in [0, 0.05) is 0 Å². The van der Waals surface area contributed by atoms with Crippen LogP contribution in [0, 0.1) is 11.6 Å². The molecule has 6 heteroatoms. The molecule has 4 nitrogen and oxygen atoms in total. The van der Waals surface area contributed by atoms with E-state index in [-0.39, 0.29) is 18.8 Å². The summed E-state index contributed by atoms with van der Waals surface area (Å²) in [6.07, 6.45) is -1.41. The zero-order valence-corrected chi connectivity index (χ0v) is 8.19. The van der Waals surface area contributed by atoms with Gasteiger partial charge in [-0.2, -0.15) is 0 Å². The van der Waals surface area contributed by atoms with E-state index < -0.39 is 23.7 Å². The van der Waals surface area contributed by atoms with Crippen LogP contribution in [0.15, 0.2) is 18.2 Å². The molecule has 16 heavy (non-hydrogen) atoms. The van der Waals surface area contributed by atoms with Gasteiger partial charge in [-0.1, -0.05) is 6.07 Å². The molecule has 1 atom stereocenters. The predicted molar refractivity (Wildman–Crippen MR) is 49.8 cm³/mol. The second kappa shape index (κ2) is 5.53. The highest BCUT2D eigenvalue weighted by Crippen LogP contribution is 2.20. The van der Waals surface area contributed by atoms with Gasteiger partial charge in [0.2, 0.25) is 0 Å². The summed E-state index contributed by atoms with van der Waals surface area (Å²) in [5.74, 6) is -3.54. The number of ether oxygens (including phenoxy) is 1. The summed E-state index contributed by atoms with van der Waals surface area (Å²) in [6, 6.07) is 2.70. The Kier molecular flexibility index (Phi) is 4.33. The molecule has 1 aromatic carbocycles. The molecule has 0 bridgehead atoms. The van der Waals surface area contributed by atoms with Crippen molar-refractivity contribution < 1.29 is 28.5 Å². The van der Waals surface area contributed by atoms with Crippen molar-refractivity contribution in [3.8, 4) is 0 Å². The van der Waals surface area contributed by atoms with Gasteiger partial charge in [-0.05, 0) is 17.7 Å². The van der Waals surface area contributed by atoms with Crippen molar-refractivity contribution >= 4 is 5.97 Å². The zero-order valence-electron chi connectivity index (χ0n) is 8.19. The largest absolute Gasteiger partial charge is 0.479 e. The van der Waals surface area contributed by atoms with Gasteiger partial charge in [-0.3, -0.25) is 0 Å². The topological polar surface area (TPSA) is 66.8 Å². The van der Waals surface area contributed by atoms with Crippen LogP contribution in [-0.4, -0.2) is 29.4 Å². The van der Waals surface area contributed by atoms with Gasteiger partial charge >= 0.3 is 5.97 Å². The Balaban J connectivity index is 2.92. The summed E-state index contributed by atoms with van der Waals surface area (Å²) >= 11 is 0. The predicted octanol–water partition coefficient (Wildman–Crippen LogP) is 1.10. The first-order chi connectivity index (χ1) is 7.56. The van der Waals surface area contributed by atoms with E-state index in [9.17, 15) is 13.6 Å². The fourth-order valence-corrected chi connectivity index (χ4v) is 1.16. The van der Waals surface area contributed by atoms with Crippen LogP contribution in [0.2, 0.25) is 0 Å². The molecular weight excluding hydrogens is 222 g/mol. The number of aliphatic carboxylic acids is 1. The van der Waals surface area contributed by atoms with Crippen LogP contribution in [0.4, 0.5) is 8.78 Å². The minimum Gasteiger partial charge on any atom is -0.479 e. The molecule has 0 aliphatic carbocycles.